The Bertz CT molecular complexity index is 464. The molecule has 1 heterocycles. The maximum absolute atomic E-state index is 11.2. The fourth-order valence-electron chi connectivity index (χ4n) is 1.06. The van der Waals surface area contributed by atoms with Gasteiger partial charge in [-0.1, -0.05) is 0 Å². The average Bonchev–Trinajstić information content (AvgIpc) is 2.25. The summed E-state index contributed by atoms with van der Waals surface area (Å²) in [4.78, 5) is 34.9. The van der Waals surface area contributed by atoms with E-state index in [1.807, 2.05) is 4.98 Å². The van der Waals surface area contributed by atoms with Gasteiger partial charge < -0.3 is 10.4 Å². The Labute approximate surface area is 89.7 Å². The number of hydrogen-bond donors (Lipinski definition) is 4. The molecule has 0 saturated carbocycles. The number of carbonyl (C=O) groups excluding carboxylic acids is 1. The number of nitrogens with one attached hydrogen (secondary N) is 3. The minimum Gasteiger partial charge on any atom is -0.395 e. The molecule has 8 nitrogen and oxygen atoms in total. The number of aromatic amines is 2. The van der Waals surface area contributed by atoms with Crippen LogP contribution in [0.4, 0.5) is 0 Å². The van der Waals surface area contributed by atoms with Crippen LogP contribution in [0.15, 0.2) is 9.59 Å². The summed E-state index contributed by atoms with van der Waals surface area (Å²) in [6.45, 7) is 0.0392. The first-order chi connectivity index (χ1) is 7.63. The van der Waals surface area contributed by atoms with Crippen molar-refractivity contribution < 1.29 is 9.90 Å². The minimum atomic E-state index is -0.682. The number of amides is 1. The van der Waals surface area contributed by atoms with E-state index in [2.05, 4.69) is 15.5 Å². The highest BCUT2D eigenvalue weighted by Crippen LogP contribution is 1.89. The number of aliphatic hydroxyl groups is 1. The van der Waals surface area contributed by atoms with Crippen molar-refractivity contribution in [2.75, 3.05) is 13.2 Å². The van der Waals surface area contributed by atoms with Crippen LogP contribution >= 0.6 is 0 Å². The maximum Gasteiger partial charge on any atom is 0.342 e. The minimum absolute atomic E-state index is 0.0716. The topological polar surface area (TPSA) is 128 Å². The van der Waals surface area contributed by atoms with Crippen molar-refractivity contribution >= 4 is 5.91 Å². The molecule has 0 radical (unpaired) electrons. The molecule has 0 aliphatic heterocycles. The van der Waals surface area contributed by atoms with Gasteiger partial charge in [-0.2, -0.15) is 5.10 Å². The van der Waals surface area contributed by atoms with Crippen molar-refractivity contribution in [1.29, 1.82) is 0 Å². The normalized spacial score (nSPS) is 10.1. The van der Waals surface area contributed by atoms with Gasteiger partial charge in [-0.05, 0) is 0 Å². The molecule has 0 aromatic carbocycles. The van der Waals surface area contributed by atoms with E-state index in [0.717, 1.165) is 0 Å². The van der Waals surface area contributed by atoms with E-state index in [-0.39, 0.29) is 37.6 Å². The number of hydrogen-bond acceptors (Lipinski definition) is 5. The van der Waals surface area contributed by atoms with Crippen LogP contribution in [0.2, 0.25) is 0 Å². The zero-order valence-corrected chi connectivity index (χ0v) is 8.45. The smallest absolute Gasteiger partial charge is 0.342 e. The Morgan fingerprint density at radius 3 is 2.81 bits per heavy atom. The second-order valence-electron chi connectivity index (χ2n) is 3.03. The molecular weight excluding hydrogens is 216 g/mol. The van der Waals surface area contributed by atoms with E-state index in [1.54, 1.807) is 0 Å². The number of H-pyrrole nitrogens is 2. The SMILES string of the molecule is O=C(CCc1n[nH]c(=O)[nH]c1=O)NCCO. The van der Waals surface area contributed by atoms with Gasteiger partial charge in [0.15, 0.2) is 0 Å². The Morgan fingerprint density at radius 2 is 2.19 bits per heavy atom. The molecule has 8 heteroatoms. The highest BCUT2D eigenvalue weighted by Gasteiger charge is 2.06. The first-order valence-corrected chi connectivity index (χ1v) is 4.69. The number of rotatable bonds is 5. The summed E-state index contributed by atoms with van der Waals surface area (Å²) in [7, 11) is 0. The van der Waals surface area contributed by atoms with Crippen LogP contribution in [0, 0.1) is 0 Å². The molecule has 0 fully saturated rings. The number of aliphatic hydroxyl groups excluding tert-OH is 1. The number of aryl methyl sites for hydroxylation is 1. The van der Waals surface area contributed by atoms with Crippen LogP contribution in [-0.2, 0) is 11.2 Å². The molecule has 1 aromatic rings. The van der Waals surface area contributed by atoms with Gasteiger partial charge in [0.2, 0.25) is 5.91 Å². The van der Waals surface area contributed by atoms with Gasteiger partial charge in [0.1, 0.15) is 5.69 Å². The standard InChI is InChI=1S/C8H12N4O4/c13-4-3-9-6(14)2-1-5-7(15)10-8(16)12-11-5/h13H,1-4H2,(H,9,14)(H2,10,12,15,16). The molecule has 16 heavy (non-hydrogen) atoms. The fraction of sp³-hybridized carbons (Fsp3) is 0.500. The van der Waals surface area contributed by atoms with E-state index in [1.165, 1.54) is 0 Å². The zero-order chi connectivity index (χ0) is 12.0. The highest BCUT2D eigenvalue weighted by atomic mass is 16.3. The molecule has 1 amide bonds. The molecule has 0 unspecified atom stereocenters. The van der Waals surface area contributed by atoms with Gasteiger partial charge in [-0.25, -0.2) is 9.89 Å². The van der Waals surface area contributed by atoms with Crippen LogP contribution in [0.3, 0.4) is 0 Å². The van der Waals surface area contributed by atoms with Crippen LogP contribution < -0.4 is 16.6 Å². The predicted octanol–water partition coefficient (Wildman–Crippen LogP) is -2.50. The Kier molecular flexibility index (Phi) is 4.40. The third kappa shape index (κ3) is 3.65. The van der Waals surface area contributed by atoms with Crippen molar-refractivity contribution in [2.24, 2.45) is 0 Å². The summed E-state index contributed by atoms with van der Waals surface area (Å²) in [6, 6.07) is 0. The predicted molar refractivity (Wildman–Crippen MR) is 53.9 cm³/mol. The lowest BCUT2D eigenvalue weighted by molar-refractivity contribution is -0.121. The second-order valence-corrected chi connectivity index (χ2v) is 3.03. The van der Waals surface area contributed by atoms with Gasteiger partial charge in [-0.3, -0.25) is 14.6 Å². The van der Waals surface area contributed by atoms with Crippen molar-refractivity contribution in [3.63, 3.8) is 0 Å². The molecule has 1 aromatic heterocycles. The third-order valence-corrected chi connectivity index (χ3v) is 1.80. The van der Waals surface area contributed by atoms with E-state index in [4.69, 9.17) is 5.11 Å². The molecule has 88 valence electrons. The lowest BCUT2D eigenvalue weighted by Gasteiger charge is -2.01. The monoisotopic (exact) mass is 228 g/mol. The van der Waals surface area contributed by atoms with Crippen LogP contribution in [0.5, 0.6) is 0 Å². The second kappa shape index (κ2) is 5.81. The first kappa shape index (κ1) is 12.1. The zero-order valence-electron chi connectivity index (χ0n) is 8.45. The van der Waals surface area contributed by atoms with E-state index in [9.17, 15) is 14.4 Å². The third-order valence-electron chi connectivity index (χ3n) is 1.80. The summed E-state index contributed by atoms with van der Waals surface area (Å²) in [5.41, 5.74) is -1.18. The maximum atomic E-state index is 11.2. The number of aromatic nitrogens is 3. The van der Waals surface area contributed by atoms with Crippen molar-refractivity contribution in [3.8, 4) is 0 Å². The van der Waals surface area contributed by atoms with Crippen LogP contribution in [0.25, 0.3) is 0 Å². The van der Waals surface area contributed by atoms with Gasteiger partial charge in [0, 0.05) is 19.4 Å². The Hall–Kier alpha value is -1.96. The quantitative estimate of drug-likeness (QED) is 0.443. The lowest BCUT2D eigenvalue weighted by Crippen LogP contribution is -2.30. The molecule has 4 N–H and O–H groups in total. The van der Waals surface area contributed by atoms with Gasteiger partial charge in [-0.15, -0.1) is 0 Å². The molecule has 1 rings (SSSR count). The van der Waals surface area contributed by atoms with Crippen molar-refractivity contribution in [1.82, 2.24) is 20.5 Å². The van der Waals surface area contributed by atoms with E-state index < -0.39 is 11.2 Å². The summed E-state index contributed by atoms with van der Waals surface area (Å²) >= 11 is 0. The Morgan fingerprint density at radius 1 is 1.44 bits per heavy atom. The van der Waals surface area contributed by atoms with E-state index >= 15 is 0 Å². The molecule has 0 atom stereocenters. The molecule has 0 aliphatic rings. The lowest BCUT2D eigenvalue weighted by atomic mass is 10.2. The largest absolute Gasteiger partial charge is 0.395 e. The van der Waals surface area contributed by atoms with Gasteiger partial charge in [0.25, 0.3) is 5.56 Å². The molecular formula is C8H12N4O4. The average molecular weight is 228 g/mol. The molecule has 0 aliphatic carbocycles. The fourth-order valence-corrected chi connectivity index (χ4v) is 1.06. The van der Waals surface area contributed by atoms with Crippen molar-refractivity contribution in [2.45, 2.75) is 12.8 Å². The Balaban J connectivity index is 2.52. The van der Waals surface area contributed by atoms with Gasteiger partial charge in [0.05, 0.1) is 6.61 Å². The van der Waals surface area contributed by atoms with Crippen LogP contribution in [-0.4, -0.2) is 39.3 Å². The van der Waals surface area contributed by atoms with Gasteiger partial charge >= 0.3 is 5.69 Å². The van der Waals surface area contributed by atoms with Crippen molar-refractivity contribution in [3.05, 3.63) is 26.5 Å². The first-order valence-electron chi connectivity index (χ1n) is 4.69. The highest BCUT2D eigenvalue weighted by molar-refractivity contribution is 5.76. The van der Waals surface area contributed by atoms with E-state index in [0.29, 0.717) is 0 Å². The summed E-state index contributed by atoms with van der Waals surface area (Å²) < 4.78 is 0. The summed E-state index contributed by atoms with van der Waals surface area (Å²) in [5.74, 6) is -0.290. The molecule has 0 bridgehead atoms. The molecule has 0 spiro atoms. The summed E-state index contributed by atoms with van der Waals surface area (Å²) in [5, 5.41) is 16.5. The summed E-state index contributed by atoms with van der Waals surface area (Å²) in [6.07, 6.45) is 0.200. The molecule has 0 saturated heterocycles. The van der Waals surface area contributed by atoms with Crippen LogP contribution in [0.1, 0.15) is 12.1 Å². The number of carbonyl (C=O) groups is 1. The number of nitrogens with zero attached hydrogens (tertiary/aromatic N) is 1.